The van der Waals surface area contributed by atoms with Crippen molar-refractivity contribution in [3.63, 3.8) is 0 Å². The maximum Gasteiger partial charge on any atom is 0.332 e. The molecule has 0 aliphatic carbocycles. The molecule has 0 saturated carbocycles. The van der Waals surface area contributed by atoms with E-state index in [4.69, 9.17) is 4.98 Å². The zero-order chi connectivity index (χ0) is 18.7. The number of aryl methyl sites for hydroxylation is 1. The number of imidazole rings is 1. The predicted molar refractivity (Wildman–Crippen MR) is 103 cm³/mol. The molecule has 0 spiro atoms. The average molecular weight is 366 g/mol. The molecular formula is C19H22N6O2. The van der Waals surface area contributed by atoms with Crippen LogP contribution in [0.3, 0.4) is 0 Å². The molecule has 2 aliphatic heterocycles. The molecule has 4 heterocycles. The Morgan fingerprint density at radius 2 is 1.93 bits per heavy atom. The van der Waals surface area contributed by atoms with E-state index in [9.17, 15) is 9.59 Å². The highest BCUT2D eigenvalue weighted by molar-refractivity contribution is 5.75. The third-order valence-electron chi connectivity index (χ3n) is 5.82. The number of piperazine rings is 1. The van der Waals surface area contributed by atoms with Gasteiger partial charge in [-0.15, -0.1) is 0 Å². The number of hydrogen-bond donors (Lipinski definition) is 1. The van der Waals surface area contributed by atoms with Crippen LogP contribution < -0.4 is 21.5 Å². The molecule has 0 amide bonds. The van der Waals surface area contributed by atoms with Crippen LogP contribution >= 0.6 is 0 Å². The molecule has 1 N–H and O–H groups in total. The highest BCUT2D eigenvalue weighted by Crippen LogP contribution is 2.31. The van der Waals surface area contributed by atoms with Crippen LogP contribution in [0.4, 0.5) is 5.95 Å². The zero-order valence-corrected chi connectivity index (χ0v) is 15.4. The first kappa shape index (κ1) is 16.3. The first-order chi connectivity index (χ1) is 13.0. The molecule has 2 fully saturated rings. The minimum Gasteiger partial charge on any atom is -0.336 e. The zero-order valence-electron chi connectivity index (χ0n) is 15.4. The maximum atomic E-state index is 13.0. The number of benzene rings is 1. The van der Waals surface area contributed by atoms with Gasteiger partial charge in [-0.1, -0.05) is 30.3 Å². The molecule has 3 aromatic rings. The van der Waals surface area contributed by atoms with Crippen LogP contribution in [0.15, 0.2) is 39.9 Å². The summed E-state index contributed by atoms with van der Waals surface area (Å²) in [6, 6.07) is 10.9. The molecule has 1 aromatic carbocycles. The van der Waals surface area contributed by atoms with Crippen LogP contribution in [0.2, 0.25) is 0 Å². The number of nitrogens with zero attached hydrogens (tertiary/aromatic N) is 5. The first-order valence-corrected chi connectivity index (χ1v) is 9.25. The summed E-state index contributed by atoms with van der Waals surface area (Å²) in [6.45, 7) is 2.34. The highest BCUT2D eigenvalue weighted by Gasteiger charge is 2.40. The van der Waals surface area contributed by atoms with Crippen LogP contribution in [0, 0.1) is 0 Å². The van der Waals surface area contributed by atoms with Gasteiger partial charge in [-0.2, -0.15) is 4.98 Å². The molecule has 2 atom stereocenters. The maximum absolute atomic E-state index is 13.0. The normalized spacial score (nSPS) is 21.5. The summed E-state index contributed by atoms with van der Waals surface area (Å²) in [4.78, 5) is 32.4. The third kappa shape index (κ3) is 2.36. The van der Waals surface area contributed by atoms with Gasteiger partial charge in [-0.05, 0) is 12.0 Å². The molecule has 2 aliphatic rings. The molecule has 5 rings (SSSR count). The summed E-state index contributed by atoms with van der Waals surface area (Å²) in [5.74, 6) is 0.779. The van der Waals surface area contributed by atoms with Gasteiger partial charge < -0.3 is 10.2 Å². The fourth-order valence-corrected chi connectivity index (χ4v) is 4.38. The lowest BCUT2D eigenvalue weighted by Gasteiger charge is -2.29. The molecule has 2 saturated heterocycles. The Labute approximate surface area is 155 Å². The lowest BCUT2D eigenvalue weighted by Crippen LogP contribution is -2.44. The van der Waals surface area contributed by atoms with E-state index in [0.717, 1.165) is 35.6 Å². The summed E-state index contributed by atoms with van der Waals surface area (Å²) in [5, 5.41) is 3.50. The highest BCUT2D eigenvalue weighted by atomic mass is 16.2. The minimum absolute atomic E-state index is 0.301. The van der Waals surface area contributed by atoms with Crippen LogP contribution in [-0.2, 0) is 20.6 Å². The second kappa shape index (κ2) is 5.82. The lowest BCUT2D eigenvalue weighted by molar-refractivity contribution is 0.564. The minimum atomic E-state index is -0.354. The van der Waals surface area contributed by atoms with Gasteiger partial charge in [0.1, 0.15) is 0 Å². The second-order valence-electron chi connectivity index (χ2n) is 7.51. The van der Waals surface area contributed by atoms with Crippen molar-refractivity contribution in [1.29, 1.82) is 0 Å². The number of anilines is 1. The van der Waals surface area contributed by atoms with E-state index in [1.165, 1.54) is 11.6 Å². The van der Waals surface area contributed by atoms with Crippen molar-refractivity contribution in [3.8, 4) is 0 Å². The van der Waals surface area contributed by atoms with Crippen LogP contribution in [0.25, 0.3) is 11.2 Å². The number of rotatable bonds is 3. The number of aromatic nitrogens is 4. The molecular weight excluding hydrogens is 344 g/mol. The van der Waals surface area contributed by atoms with E-state index >= 15 is 0 Å². The Kier molecular flexibility index (Phi) is 3.51. The smallest absolute Gasteiger partial charge is 0.332 e. The van der Waals surface area contributed by atoms with E-state index in [0.29, 0.717) is 29.8 Å². The molecule has 8 nitrogen and oxygen atoms in total. The van der Waals surface area contributed by atoms with E-state index < -0.39 is 0 Å². The molecule has 0 radical (unpaired) electrons. The summed E-state index contributed by atoms with van der Waals surface area (Å²) < 4.78 is 4.61. The Hall–Kier alpha value is -2.87. The fraction of sp³-hybridized carbons (Fsp3) is 0.421. The Balaban J connectivity index is 1.77. The molecule has 2 aromatic heterocycles. The predicted octanol–water partition coefficient (Wildman–Crippen LogP) is 0.0325. The SMILES string of the molecule is Cn1c(=O)c2c(nc(N3CC4CC3CN4)n2Cc2ccccc2)n(C)c1=O. The van der Waals surface area contributed by atoms with Crippen molar-refractivity contribution < 1.29 is 0 Å². The summed E-state index contributed by atoms with van der Waals surface area (Å²) in [5.41, 5.74) is 1.37. The van der Waals surface area contributed by atoms with Gasteiger partial charge >= 0.3 is 5.69 Å². The van der Waals surface area contributed by atoms with E-state index in [1.54, 1.807) is 7.05 Å². The number of fused-ring (bicyclic) bond motifs is 3. The largest absolute Gasteiger partial charge is 0.336 e. The topological polar surface area (TPSA) is 77.1 Å². The Morgan fingerprint density at radius 1 is 1.15 bits per heavy atom. The Bertz CT molecular complexity index is 1140. The molecule has 2 unspecified atom stereocenters. The van der Waals surface area contributed by atoms with Crippen molar-refractivity contribution in [2.75, 3.05) is 18.0 Å². The van der Waals surface area contributed by atoms with Gasteiger partial charge in [0.15, 0.2) is 11.2 Å². The van der Waals surface area contributed by atoms with Gasteiger partial charge in [-0.25, -0.2) is 4.79 Å². The van der Waals surface area contributed by atoms with E-state index in [1.807, 2.05) is 34.9 Å². The standard InChI is InChI=1S/C19H22N6O2/c1-22-16-15(17(26)23(2)19(22)27)25(10-12-6-4-3-5-7-12)18(21-16)24-11-13-8-14(24)9-20-13/h3-7,13-14,20H,8-11H2,1-2H3. The molecule has 8 heteroatoms. The fourth-order valence-electron chi connectivity index (χ4n) is 4.38. The summed E-state index contributed by atoms with van der Waals surface area (Å²) in [7, 11) is 3.19. The molecule has 27 heavy (non-hydrogen) atoms. The van der Waals surface area contributed by atoms with Gasteiger partial charge in [0.2, 0.25) is 5.95 Å². The van der Waals surface area contributed by atoms with E-state index in [-0.39, 0.29) is 11.2 Å². The number of nitrogens with one attached hydrogen (secondary N) is 1. The number of hydrogen-bond acceptors (Lipinski definition) is 5. The van der Waals surface area contributed by atoms with Crippen molar-refractivity contribution in [1.82, 2.24) is 24.0 Å². The van der Waals surface area contributed by atoms with Crippen LogP contribution in [-0.4, -0.2) is 43.9 Å². The lowest BCUT2D eigenvalue weighted by atomic mass is 10.2. The summed E-state index contributed by atoms with van der Waals surface area (Å²) in [6.07, 6.45) is 1.09. The van der Waals surface area contributed by atoms with Gasteiger partial charge in [0.25, 0.3) is 5.56 Å². The summed E-state index contributed by atoms with van der Waals surface area (Å²) >= 11 is 0. The van der Waals surface area contributed by atoms with Crippen molar-refractivity contribution >= 4 is 17.1 Å². The van der Waals surface area contributed by atoms with Crippen LogP contribution in [0.5, 0.6) is 0 Å². The third-order valence-corrected chi connectivity index (χ3v) is 5.82. The van der Waals surface area contributed by atoms with Crippen molar-refractivity contribution in [2.45, 2.75) is 25.0 Å². The quantitative estimate of drug-likeness (QED) is 0.708. The van der Waals surface area contributed by atoms with Gasteiger partial charge in [0.05, 0.1) is 6.54 Å². The van der Waals surface area contributed by atoms with E-state index in [2.05, 4.69) is 10.2 Å². The second-order valence-corrected chi connectivity index (χ2v) is 7.51. The monoisotopic (exact) mass is 366 g/mol. The van der Waals surface area contributed by atoms with Crippen LogP contribution in [0.1, 0.15) is 12.0 Å². The van der Waals surface area contributed by atoms with Gasteiger partial charge in [0, 0.05) is 39.3 Å². The first-order valence-electron chi connectivity index (χ1n) is 9.25. The van der Waals surface area contributed by atoms with Crippen molar-refractivity contribution in [3.05, 3.63) is 56.7 Å². The average Bonchev–Trinajstić information content (AvgIpc) is 3.39. The Morgan fingerprint density at radius 3 is 2.59 bits per heavy atom. The van der Waals surface area contributed by atoms with Crippen molar-refractivity contribution in [2.24, 2.45) is 14.1 Å². The molecule has 140 valence electrons. The molecule has 2 bridgehead atoms. The van der Waals surface area contributed by atoms with Gasteiger partial charge in [-0.3, -0.25) is 18.5 Å².